The van der Waals surface area contributed by atoms with E-state index in [1.807, 2.05) is 39.1 Å². The molecule has 2 heterocycles. The number of aryl methyl sites for hydroxylation is 1. The summed E-state index contributed by atoms with van der Waals surface area (Å²) >= 11 is 0. The molecule has 0 fully saturated rings. The second-order valence-corrected chi connectivity index (χ2v) is 5.63. The van der Waals surface area contributed by atoms with E-state index in [1.54, 1.807) is 12.3 Å². The van der Waals surface area contributed by atoms with E-state index in [0.29, 0.717) is 17.4 Å². The fraction of sp³-hybridized carbons (Fsp3) is 0.450. The minimum absolute atomic E-state index is 0.433. The molecule has 3 heteroatoms. The van der Waals surface area contributed by atoms with Crippen molar-refractivity contribution in [3.63, 3.8) is 0 Å². The van der Waals surface area contributed by atoms with Gasteiger partial charge in [0, 0.05) is 23.8 Å². The Morgan fingerprint density at radius 3 is 1.87 bits per heavy atom. The number of pyridine rings is 2. The highest BCUT2D eigenvalue weighted by Crippen LogP contribution is 2.12. The van der Waals surface area contributed by atoms with Crippen molar-refractivity contribution in [1.29, 1.82) is 5.26 Å². The first kappa shape index (κ1) is 20.8. The number of nitrogens with zero attached hydrogens (tertiary/aromatic N) is 3. The van der Waals surface area contributed by atoms with Gasteiger partial charge in [-0.25, -0.2) is 0 Å². The van der Waals surface area contributed by atoms with Crippen LogP contribution in [0.25, 0.3) is 0 Å². The highest BCUT2D eigenvalue weighted by molar-refractivity contribution is 5.27. The lowest BCUT2D eigenvalue weighted by Gasteiger charge is -2.02. The van der Waals surface area contributed by atoms with Crippen molar-refractivity contribution in [2.45, 2.75) is 60.3 Å². The van der Waals surface area contributed by atoms with E-state index in [-0.39, 0.29) is 0 Å². The largest absolute Gasteiger partial charge is 0.261 e. The van der Waals surface area contributed by atoms with Crippen molar-refractivity contribution in [3.8, 4) is 6.07 Å². The van der Waals surface area contributed by atoms with Crippen LogP contribution in [0.15, 0.2) is 36.7 Å². The van der Waals surface area contributed by atoms with Gasteiger partial charge in [0.05, 0.1) is 5.56 Å². The summed E-state index contributed by atoms with van der Waals surface area (Å²) in [6.07, 6.45) is 3.55. The molecule has 0 aliphatic carbocycles. The Morgan fingerprint density at radius 2 is 1.52 bits per heavy atom. The van der Waals surface area contributed by atoms with Gasteiger partial charge in [0.25, 0.3) is 0 Å². The number of nitriles is 1. The van der Waals surface area contributed by atoms with Gasteiger partial charge in [-0.15, -0.1) is 0 Å². The molecular weight excluding hydrogens is 282 g/mol. The highest BCUT2D eigenvalue weighted by Gasteiger charge is 1.99. The summed E-state index contributed by atoms with van der Waals surface area (Å²) in [6.45, 7) is 14.5. The number of aromatic nitrogens is 2. The van der Waals surface area contributed by atoms with Crippen LogP contribution in [-0.2, 0) is 0 Å². The molecule has 0 atom stereocenters. The van der Waals surface area contributed by atoms with Gasteiger partial charge in [0.2, 0.25) is 0 Å². The summed E-state index contributed by atoms with van der Waals surface area (Å²) in [6, 6.07) is 9.90. The molecule has 23 heavy (non-hydrogen) atoms. The van der Waals surface area contributed by atoms with Gasteiger partial charge < -0.3 is 0 Å². The molecule has 0 N–H and O–H groups in total. The predicted molar refractivity (Wildman–Crippen MR) is 97.5 cm³/mol. The Balaban J connectivity index is 0.000000381. The first-order valence-corrected chi connectivity index (χ1v) is 8.22. The van der Waals surface area contributed by atoms with Crippen LogP contribution in [0.1, 0.15) is 75.9 Å². The molecular formula is C20H29N3. The van der Waals surface area contributed by atoms with Crippen LogP contribution in [-0.4, -0.2) is 9.97 Å². The van der Waals surface area contributed by atoms with Gasteiger partial charge >= 0.3 is 0 Å². The Bertz CT molecular complexity index is 576. The Kier molecular flexibility index (Phi) is 10.3. The van der Waals surface area contributed by atoms with Gasteiger partial charge in [0.1, 0.15) is 6.07 Å². The van der Waals surface area contributed by atoms with Crippen molar-refractivity contribution in [3.05, 3.63) is 59.2 Å². The molecule has 0 bridgehead atoms. The smallest absolute Gasteiger partial charge is 0.101 e. The van der Waals surface area contributed by atoms with Gasteiger partial charge in [-0.2, -0.15) is 5.26 Å². The maximum Gasteiger partial charge on any atom is 0.101 e. The maximum atomic E-state index is 8.48. The number of rotatable bonds is 2. The molecule has 0 aromatic carbocycles. The lowest BCUT2D eigenvalue weighted by Crippen LogP contribution is -1.91. The first-order chi connectivity index (χ1) is 10.9. The van der Waals surface area contributed by atoms with Gasteiger partial charge in [-0.05, 0) is 42.5 Å². The van der Waals surface area contributed by atoms with Gasteiger partial charge in [-0.3, -0.25) is 9.97 Å². The second-order valence-electron chi connectivity index (χ2n) is 5.63. The van der Waals surface area contributed by atoms with Crippen molar-refractivity contribution in [2.24, 2.45) is 0 Å². The van der Waals surface area contributed by atoms with E-state index >= 15 is 0 Å². The molecule has 0 amide bonds. The van der Waals surface area contributed by atoms with Crippen LogP contribution < -0.4 is 0 Å². The van der Waals surface area contributed by atoms with E-state index in [4.69, 9.17) is 5.26 Å². The standard InChI is InChI=1S/C9H10N2.C9H13N.C2H6/c1-7(2)9-4-3-8(5-10)6-11-9;1-7(2)9-5-4-8(3)10-6-9;1-2/h3-4,6-7H,1-2H3;4-7H,1-3H3;1-2H3. The molecule has 2 rings (SSSR count). The molecule has 2 aromatic heterocycles. The minimum Gasteiger partial charge on any atom is -0.261 e. The third-order valence-electron chi connectivity index (χ3n) is 3.11. The van der Waals surface area contributed by atoms with E-state index in [1.165, 1.54) is 5.56 Å². The minimum atomic E-state index is 0.433. The average molecular weight is 311 g/mol. The van der Waals surface area contributed by atoms with Crippen molar-refractivity contribution in [1.82, 2.24) is 9.97 Å². The van der Waals surface area contributed by atoms with Crippen LogP contribution in [0, 0.1) is 18.3 Å². The first-order valence-electron chi connectivity index (χ1n) is 8.22. The Labute approximate surface area is 141 Å². The van der Waals surface area contributed by atoms with Crippen molar-refractivity contribution < 1.29 is 0 Å². The summed E-state index contributed by atoms with van der Waals surface area (Å²) < 4.78 is 0. The summed E-state index contributed by atoms with van der Waals surface area (Å²) in [5.41, 5.74) is 4.05. The van der Waals surface area contributed by atoms with Crippen LogP contribution in [0.3, 0.4) is 0 Å². The summed E-state index contributed by atoms with van der Waals surface area (Å²) in [5, 5.41) is 8.48. The van der Waals surface area contributed by atoms with E-state index in [0.717, 1.165) is 11.4 Å². The molecule has 2 aromatic rings. The van der Waals surface area contributed by atoms with Gasteiger partial charge in [0.15, 0.2) is 0 Å². The number of hydrogen-bond acceptors (Lipinski definition) is 3. The summed E-state index contributed by atoms with van der Waals surface area (Å²) in [7, 11) is 0. The second kappa shape index (κ2) is 11.4. The van der Waals surface area contributed by atoms with Crippen LogP contribution in [0.4, 0.5) is 0 Å². The lowest BCUT2D eigenvalue weighted by atomic mass is 10.1. The predicted octanol–water partition coefficient (Wildman–Crippen LogP) is 5.62. The van der Waals surface area contributed by atoms with Gasteiger partial charge in [-0.1, -0.05) is 47.6 Å². The third-order valence-corrected chi connectivity index (χ3v) is 3.11. The molecule has 0 saturated heterocycles. The van der Waals surface area contributed by atoms with Crippen LogP contribution >= 0.6 is 0 Å². The quantitative estimate of drug-likeness (QED) is 0.723. The zero-order chi connectivity index (χ0) is 17.8. The van der Waals surface area contributed by atoms with E-state index in [2.05, 4.69) is 49.8 Å². The molecule has 124 valence electrons. The number of hydrogen-bond donors (Lipinski definition) is 0. The topological polar surface area (TPSA) is 49.6 Å². The summed E-state index contributed by atoms with van der Waals surface area (Å²) in [5.74, 6) is 1.02. The SMILES string of the molecule is CC.CC(C)c1ccc(C#N)cn1.Cc1ccc(C(C)C)cn1. The maximum absolute atomic E-state index is 8.48. The highest BCUT2D eigenvalue weighted by atomic mass is 14.7. The fourth-order valence-electron chi connectivity index (χ4n) is 1.63. The monoisotopic (exact) mass is 311 g/mol. The summed E-state index contributed by atoms with van der Waals surface area (Å²) in [4.78, 5) is 8.33. The Morgan fingerprint density at radius 1 is 0.870 bits per heavy atom. The molecule has 0 spiro atoms. The molecule has 3 nitrogen and oxygen atoms in total. The fourth-order valence-corrected chi connectivity index (χ4v) is 1.63. The molecule has 0 saturated carbocycles. The molecule has 0 aliphatic rings. The molecule has 0 unspecified atom stereocenters. The van der Waals surface area contributed by atoms with E-state index < -0.39 is 0 Å². The van der Waals surface area contributed by atoms with Crippen LogP contribution in [0.2, 0.25) is 0 Å². The lowest BCUT2D eigenvalue weighted by molar-refractivity contribution is 0.822. The zero-order valence-corrected chi connectivity index (χ0v) is 15.5. The molecule has 0 aliphatic heterocycles. The van der Waals surface area contributed by atoms with E-state index in [9.17, 15) is 0 Å². The Hall–Kier alpha value is -2.21. The molecule has 0 radical (unpaired) electrons. The normalized spacial score (nSPS) is 9.39. The zero-order valence-electron chi connectivity index (χ0n) is 15.5. The third kappa shape index (κ3) is 8.11. The van der Waals surface area contributed by atoms with Crippen molar-refractivity contribution in [2.75, 3.05) is 0 Å². The van der Waals surface area contributed by atoms with Crippen LogP contribution in [0.5, 0.6) is 0 Å². The average Bonchev–Trinajstić information content (AvgIpc) is 2.57. The van der Waals surface area contributed by atoms with Crippen molar-refractivity contribution >= 4 is 0 Å².